The largest absolute Gasteiger partial charge is 0.392 e. The van der Waals surface area contributed by atoms with Gasteiger partial charge in [0.05, 0.1) is 0 Å². The van der Waals surface area contributed by atoms with E-state index in [4.69, 9.17) is 11.6 Å². The normalized spacial score (nSPS) is 12.3. The van der Waals surface area contributed by atoms with Gasteiger partial charge in [-0.3, -0.25) is 4.79 Å². The molecule has 0 aliphatic heterocycles. The van der Waals surface area contributed by atoms with Crippen LogP contribution in [0.25, 0.3) is 0 Å². The van der Waals surface area contributed by atoms with Crippen LogP contribution in [0, 0.1) is 0 Å². The van der Waals surface area contributed by atoms with Crippen LogP contribution < -0.4 is 0 Å². The summed E-state index contributed by atoms with van der Waals surface area (Å²) < 4.78 is 4.10. The van der Waals surface area contributed by atoms with Crippen LogP contribution in [-0.4, -0.2) is 17.3 Å². The van der Waals surface area contributed by atoms with Crippen molar-refractivity contribution in [3.8, 4) is 0 Å². The topological polar surface area (TPSA) is 43.4 Å². The van der Waals surface area contributed by atoms with Crippen molar-refractivity contribution in [2.24, 2.45) is 0 Å². The highest BCUT2D eigenvalue weighted by atomic mass is 35.5. The number of esters is 2. The number of carbonyl (C=O) groups excluding carboxylic acids is 2. The molecule has 0 aliphatic carbocycles. The standard InChI is InChI=1S/C5H7ClO3/c1-3(6)5(8)9-4(2)7/h3H,1-2H3. The van der Waals surface area contributed by atoms with Crippen LogP contribution in [0.4, 0.5) is 0 Å². The molecule has 52 valence electrons. The van der Waals surface area contributed by atoms with Gasteiger partial charge in [0.25, 0.3) is 0 Å². The molecule has 0 saturated heterocycles. The summed E-state index contributed by atoms with van der Waals surface area (Å²) in [5.41, 5.74) is 0. The molecule has 0 heterocycles. The summed E-state index contributed by atoms with van der Waals surface area (Å²) in [6.45, 7) is 2.59. The first-order valence-electron chi connectivity index (χ1n) is 2.40. The highest BCUT2D eigenvalue weighted by molar-refractivity contribution is 6.30. The fourth-order valence-corrected chi connectivity index (χ4v) is 0.267. The molecule has 0 aromatic heterocycles. The Morgan fingerprint density at radius 1 is 1.56 bits per heavy atom. The molecule has 0 aliphatic rings. The Morgan fingerprint density at radius 2 is 2.00 bits per heavy atom. The maximum atomic E-state index is 10.4. The molecule has 0 N–H and O–H groups in total. The molecule has 9 heavy (non-hydrogen) atoms. The van der Waals surface area contributed by atoms with Gasteiger partial charge in [0.1, 0.15) is 5.38 Å². The minimum Gasteiger partial charge on any atom is -0.392 e. The van der Waals surface area contributed by atoms with Crippen LogP contribution >= 0.6 is 11.6 Å². The number of alkyl halides is 1. The van der Waals surface area contributed by atoms with Crippen LogP contribution in [0.3, 0.4) is 0 Å². The van der Waals surface area contributed by atoms with E-state index in [0.717, 1.165) is 6.92 Å². The Balaban J connectivity index is 3.64. The number of carbonyl (C=O) groups is 2. The molecule has 0 amide bonds. The van der Waals surface area contributed by atoms with Gasteiger partial charge in [0.2, 0.25) is 0 Å². The summed E-state index contributed by atoms with van der Waals surface area (Å²) in [5, 5.41) is -0.756. The van der Waals surface area contributed by atoms with E-state index in [2.05, 4.69) is 4.74 Å². The second-order valence-electron chi connectivity index (χ2n) is 1.53. The van der Waals surface area contributed by atoms with Crippen molar-refractivity contribution in [3.05, 3.63) is 0 Å². The zero-order chi connectivity index (χ0) is 7.44. The third-order valence-corrected chi connectivity index (χ3v) is 0.747. The Bertz CT molecular complexity index is 130. The van der Waals surface area contributed by atoms with Crippen molar-refractivity contribution < 1.29 is 14.3 Å². The van der Waals surface area contributed by atoms with Gasteiger partial charge < -0.3 is 4.74 Å². The third kappa shape index (κ3) is 3.97. The van der Waals surface area contributed by atoms with Crippen molar-refractivity contribution >= 4 is 23.5 Å². The molecule has 0 aromatic rings. The van der Waals surface area contributed by atoms with E-state index in [9.17, 15) is 9.59 Å². The van der Waals surface area contributed by atoms with Crippen molar-refractivity contribution in [2.75, 3.05) is 0 Å². The number of rotatable bonds is 1. The van der Waals surface area contributed by atoms with Gasteiger partial charge in [-0.1, -0.05) is 0 Å². The molecular formula is C5H7ClO3. The quantitative estimate of drug-likeness (QED) is 0.314. The number of hydrogen-bond donors (Lipinski definition) is 0. The lowest BCUT2D eigenvalue weighted by atomic mass is 10.5. The maximum Gasteiger partial charge on any atom is 0.331 e. The van der Waals surface area contributed by atoms with E-state index in [1.807, 2.05) is 0 Å². The summed E-state index contributed by atoms with van der Waals surface area (Å²) in [6, 6.07) is 0. The predicted octanol–water partition coefficient (Wildman–Crippen LogP) is 0.703. The first-order valence-corrected chi connectivity index (χ1v) is 2.84. The molecule has 1 unspecified atom stereocenters. The first kappa shape index (κ1) is 8.43. The fourth-order valence-electron chi connectivity index (χ4n) is 0.223. The fraction of sp³-hybridized carbons (Fsp3) is 0.600. The van der Waals surface area contributed by atoms with E-state index >= 15 is 0 Å². The average molecular weight is 151 g/mol. The molecule has 0 rings (SSSR count). The van der Waals surface area contributed by atoms with Crippen molar-refractivity contribution in [1.29, 1.82) is 0 Å². The summed E-state index contributed by atoms with van der Waals surface area (Å²) in [7, 11) is 0. The molecule has 4 heteroatoms. The molecule has 0 radical (unpaired) electrons. The Labute approximate surface area is 57.9 Å². The van der Waals surface area contributed by atoms with Crippen LogP contribution in [-0.2, 0) is 14.3 Å². The number of hydrogen-bond acceptors (Lipinski definition) is 3. The van der Waals surface area contributed by atoms with Crippen LogP contribution in [0.15, 0.2) is 0 Å². The average Bonchev–Trinajstić information content (AvgIpc) is 1.63. The summed E-state index contributed by atoms with van der Waals surface area (Å²) in [6.07, 6.45) is 0. The van der Waals surface area contributed by atoms with Crippen molar-refractivity contribution in [2.45, 2.75) is 19.2 Å². The zero-order valence-corrected chi connectivity index (χ0v) is 5.94. The van der Waals surface area contributed by atoms with E-state index in [-0.39, 0.29) is 0 Å². The van der Waals surface area contributed by atoms with E-state index in [1.54, 1.807) is 0 Å². The van der Waals surface area contributed by atoms with Gasteiger partial charge in [0, 0.05) is 6.92 Å². The first-order chi connectivity index (χ1) is 4.04. The summed E-state index contributed by atoms with van der Waals surface area (Å²) in [4.78, 5) is 20.4. The Morgan fingerprint density at radius 3 is 2.11 bits per heavy atom. The van der Waals surface area contributed by atoms with Crippen LogP contribution in [0.1, 0.15) is 13.8 Å². The maximum absolute atomic E-state index is 10.4. The van der Waals surface area contributed by atoms with Gasteiger partial charge in [-0.05, 0) is 6.92 Å². The summed E-state index contributed by atoms with van der Waals surface area (Å²) in [5.74, 6) is -1.34. The van der Waals surface area contributed by atoms with E-state index < -0.39 is 17.3 Å². The smallest absolute Gasteiger partial charge is 0.331 e. The zero-order valence-electron chi connectivity index (χ0n) is 5.18. The van der Waals surface area contributed by atoms with Crippen molar-refractivity contribution in [1.82, 2.24) is 0 Å². The van der Waals surface area contributed by atoms with Crippen molar-refractivity contribution in [3.63, 3.8) is 0 Å². The number of halogens is 1. The molecule has 0 aromatic carbocycles. The Kier molecular flexibility index (Phi) is 3.24. The van der Waals surface area contributed by atoms with Gasteiger partial charge >= 0.3 is 11.9 Å². The molecular weight excluding hydrogens is 144 g/mol. The van der Waals surface area contributed by atoms with Gasteiger partial charge in [-0.15, -0.1) is 11.6 Å². The van der Waals surface area contributed by atoms with E-state index in [1.165, 1.54) is 6.92 Å². The van der Waals surface area contributed by atoms with Crippen LogP contribution in [0.5, 0.6) is 0 Å². The van der Waals surface area contributed by atoms with Crippen LogP contribution in [0.2, 0.25) is 0 Å². The van der Waals surface area contributed by atoms with Gasteiger partial charge in [-0.2, -0.15) is 0 Å². The predicted molar refractivity (Wildman–Crippen MR) is 32.1 cm³/mol. The third-order valence-electron chi connectivity index (χ3n) is 0.569. The van der Waals surface area contributed by atoms with Gasteiger partial charge in [0.15, 0.2) is 0 Å². The van der Waals surface area contributed by atoms with E-state index in [0.29, 0.717) is 0 Å². The van der Waals surface area contributed by atoms with Gasteiger partial charge in [-0.25, -0.2) is 4.79 Å². The molecule has 0 spiro atoms. The lowest BCUT2D eigenvalue weighted by Gasteiger charge is -1.98. The molecule has 0 saturated carbocycles. The Hall–Kier alpha value is -0.570. The number of ether oxygens (including phenoxy) is 1. The highest BCUT2D eigenvalue weighted by Gasteiger charge is 2.11. The molecule has 1 atom stereocenters. The monoisotopic (exact) mass is 150 g/mol. The SMILES string of the molecule is CC(=O)OC(=O)C(C)Cl. The second kappa shape index (κ2) is 3.45. The minimum atomic E-state index is -0.756. The summed E-state index contributed by atoms with van der Waals surface area (Å²) >= 11 is 5.25. The highest BCUT2D eigenvalue weighted by Crippen LogP contribution is 1.95. The molecule has 3 nitrogen and oxygen atoms in total. The lowest BCUT2D eigenvalue weighted by Crippen LogP contribution is -2.16. The lowest BCUT2D eigenvalue weighted by molar-refractivity contribution is -0.157. The molecule has 0 fully saturated rings. The second-order valence-corrected chi connectivity index (χ2v) is 2.18. The minimum absolute atomic E-state index is 0.632. The molecule has 0 bridgehead atoms.